The normalized spacial score (nSPS) is 34.4. The second-order valence-electron chi connectivity index (χ2n) is 18.1. The molecule has 1 aliphatic heterocycles. The highest BCUT2D eigenvalue weighted by atomic mass is 32.2. The first kappa shape index (κ1) is 50.3. The molecule has 6 N–H and O–H groups in total. The summed E-state index contributed by atoms with van der Waals surface area (Å²) < 4.78 is 45.2. The lowest BCUT2D eigenvalue weighted by Gasteiger charge is -2.62. The van der Waals surface area contributed by atoms with Gasteiger partial charge < -0.3 is 39.6 Å². The molecule has 4 saturated carbocycles. The average Bonchev–Trinajstić information content (AvgIpc) is 3.42. The second kappa shape index (κ2) is 22.6. The summed E-state index contributed by atoms with van der Waals surface area (Å²) in [6.45, 7) is 9.66. The van der Waals surface area contributed by atoms with Crippen molar-refractivity contribution in [3.8, 4) is 5.75 Å². The Bertz CT molecular complexity index is 1770. The molecule has 1 aromatic carbocycles. The van der Waals surface area contributed by atoms with E-state index in [1.807, 2.05) is 0 Å². The Hall–Kier alpha value is -3.10. The maximum absolute atomic E-state index is 13.4. The zero-order chi connectivity index (χ0) is 46.2. The summed E-state index contributed by atoms with van der Waals surface area (Å²) in [4.78, 5) is 52.2. The predicted octanol–water partition coefficient (Wildman–Crippen LogP) is 5.43. The Balaban J connectivity index is 1.23. The number of aromatic hydroxyl groups is 1. The van der Waals surface area contributed by atoms with Crippen LogP contribution >= 0.6 is 24.6 Å². The van der Waals surface area contributed by atoms with Crippen molar-refractivity contribution >= 4 is 48.5 Å². The van der Waals surface area contributed by atoms with E-state index >= 15 is 0 Å². The number of ether oxygens (including phenoxy) is 4. The Morgan fingerprint density at radius 1 is 0.953 bits per heavy atom. The van der Waals surface area contributed by atoms with E-state index in [1.54, 1.807) is 26.0 Å². The predicted molar refractivity (Wildman–Crippen MR) is 222 cm³/mol. The van der Waals surface area contributed by atoms with Crippen LogP contribution < -0.4 is 5.32 Å². The van der Waals surface area contributed by atoms with Gasteiger partial charge in [-0.15, -0.1) is 8.67 Å². The van der Waals surface area contributed by atoms with Crippen molar-refractivity contribution in [3.05, 3.63) is 42.0 Å². The van der Waals surface area contributed by atoms with Crippen molar-refractivity contribution in [3.63, 3.8) is 0 Å². The van der Waals surface area contributed by atoms with E-state index in [4.69, 9.17) is 37.8 Å². The molecule has 1 aromatic rings. The molecule has 10 unspecified atom stereocenters. The van der Waals surface area contributed by atoms with Gasteiger partial charge >= 0.3 is 17.9 Å². The van der Waals surface area contributed by atoms with Crippen LogP contribution in [-0.2, 0) is 71.7 Å². The summed E-state index contributed by atoms with van der Waals surface area (Å²) in [5, 5.41) is 59.8. The number of esters is 2. The van der Waals surface area contributed by atoms with Crippen LogP contribution in [0.1, 0.15) is 90.5 Å². The van der Waals surface area contributed by atoms with Crippen LogP contribution in [0.5, 0.6) is 5.75 Å². The lowest BCUT2D eigenvalue weighted by Crippen LogP contribution is -2.63. The summed E-state index contributed by atoms with van der Waals surface area (Å²) >= 11 is 0.238. The first-order valence-electron chi connectivity index (χ1n) is 21.5. The standard InChI is InChI=1S/C42H59NO19S2/c1-22(2)17-34(47)56-37-36(58-64-62-60-52)35(57-63-61-59-51)30(21-53-33(46)12-11-32(45)43-16-14-24-5-8-26(44)9-6-24)55-40(37)54-27-18-28(39(49)50)29-13-15-42-19-25(23(3)38(42)48)7-10-31(42)41(29,4)20-27/h5-6,8-9,22,25,27-31,35-38,40,44,48,51-52H,3,7,10-21H2,1-2,4H3,(H,43,45)(H,49,50)/t25?,27?,28?,29?,30-,31?,35+,36?,37?,38-,40?,41?,42?/m0/s1. The summed E-state index contributed by atoms with van der Waals surface area (Å²) in [6.07, 6.45) is -4.68. The molecule has 64 heavy (non-hydrogen) atoms. The lowest BCUT2D eigenvalue weighted by atomic mass is 9.43. The minimum Gasteiger partial charge on any atom is -0.508 e. The first-order valence-corrected chi connectivity index (χ1v) is 22.8. The topological polar surface area (TPSA) is 274 Å². The number of aliphatic carboxylic acids is 1. The van der Waals surface area contributed by atoms with Gasteiger partial charge in [0.2, 0.25) is 5.91 Å². The molecule has 358 valence electrons. The third kappa shape index (κ3) is 11.7. The molecule has 5 aliphatic rings. The maximum atomic E-state index is 13.4. The van der Waals surface area contributed by atoms with Crippen LogP contribution in [0.15, 0.2) is 36.4 Å². The summed E-state index contributed by atoms with van der Waals surface area (Å²) in [5.41, 5.74) is 0.684. The molecule has 2 bridgehead atoms. The molecule has 20 nitrogen and oxygen atoms in total. The number of benzene rings is 1. The molecule has 4 aliphatic carbocycles. The number of rotatable bonds is 22. The third-order valence-corrected chi connectivity index (χ3v) is 14.7. The van der Waals surface area contributed by atoms with Crippen molar-refractivity contribution < 1.29 is 91.1 Å². The van der Waals surface area contributed by atoms with Crippen LogP contribution in [0.2, 0.25) is 0 Å². The number of carbonyl (C=O) groups excluding carboxylic acids is 3. The van der Waals surface area contributed by atoms with Crippen LogP contribution in [-0.4, -0.2) is 106 Å². The number of nitrogens with one attached hydrogen (secondary N) is 1. The van der Waals surface area contributed by atoms with Crippen molar-refractivity contribution in [2.45, 2.75) is 134 Å². The van der Waals surface area contributed by atoms with Gasteiger partial charge in [-0.05, 0) is 104 Å². The number of carbonyl (C=O) groups is 4. The molecule has 1 amide bonds. The summed E-state index contributed by atoms with van der Waals surface area (Å²) in [5.74, 6) is -3.78. The molecule has 22 heteroatoms. The van der Waals surface area contributed by atoms with Crippen LogP contribution in [0, 0.1) is 40.4 Å². The summed E-state index contributed by atoms with van der Waals surface area (Å²) in [6, 6.07) is 6.54. The van der Waals surface area contributed by atoms with Crippen LogP contribution in [0.4, 0.5) is 0 Å². The summed E-state index contributed by atoms with van der Waals surface area (Å²) in [7, 11) is 0. The number of hydrogen-bond acceptors (Lipinski definition) is 20. The highest BCUT2D eigenvalue weighted by molar-refractivity contribution is 7.90. The van der Waals surface area contributed by atoms with Crippen molar-refractivity contribution in [2.24, 2.45) is 40.4 Å². The number of amides is 1. The number of fused-ring (bicyclic) bond motifs is 3. The van der Waals surface area contributed by atoms with Crippen LogP contribution in [0.3, 0.4) is 0 Å². The van der Waals surface area contributed by atoms with Gasteiger partial charge in [0.25, 0.3) is 0 Å². The van der Waals surface area contributed by atoms with Gasteiger partial charge in [-0.3, -0.25) is 27.5 Å². The molecule has 1 heterocycles. The van der Waals surface area contributed by atoms with Crippen molar-refractivity contribution in [1.82, 2.24) is 5.32 Å². The molecule has 1 spiro atoms. The molecule has 6 rings (SSSR count). The highest BCUT2D eigenvalue weighted by Crippen LogP contribution is 2.70. The Morgan fingerprint density at radius 2 is 1.66 bits per heavy atom. The maximum Gasteiger partial charge on any atom is 0.306 e. The third-order valence-electron chi connectivity index (χ3n) is 13.9. The van der Waals surface area contributed by atoms with Gasteiger partial charge in [0.15, 0.2) is 37.0 Å². The quantitative estimate of drug-likeness (QED) is 0.0161. The number of aliphatic hydroxyl groups is 1. The van der Waals surface area contributed by atoms with E-state index in [1.165, 1.54) is 12.1 Å². The highest BCUT2D eigenvalue weighted by Gasteiger charge is 2.67. The van der Waals surface area contributed by atoms with Gasteiger partial charge in [0.1, 0.15) is 30.7 Å². The SMILES string of the molecule is C=C1C2CCC3C4(C)CC(OC5O[C@@H](COC(=O)CCC(=O)NCCc6ccc(O)cc6)[C@@H](OSOOO)C(OSOOO)C5OC(=O)CC(C)C)CC(C(=O)O)C4CCC3(C2)[C@H]1O. The molecule has 13 atom stereocenters. The van der Waals surface area contributed by atoms with Crippen LogP contribution in [0.25, 0.3) is 0 Å². The smallest absolute Gasteiger partial charge is 0.306 e. The number of carboxylic acids is 1. The average molecular weight is 946 g/mol. The zero-order valence-corrected chi connectivity index (χ0v) is 37.5. The largest absolute Gasteiger partial charge is 0.508 e. The van der Waals surface area contributed by atoms with Gasteiger partial charge in [-0.1, -0.05) is 49.6 Å². The fourth-order valence-corrected chi connectivity index (χ4v) is 12.0. The Labute approximate surface area is 379 Å². The second-order valence-corrected chi connectivity index (χ2v) is 19.1. The molecular formula is C42H59NO19S2. The van der Waals surface area contributed by atoms with E-state index in [-0.39, 0.29) is 86.3 Å². The number of phenols is 1. The number of hydrogen-bond donors (Lipinski definition) is 6. The molecule has 1 saturated heterocycles. The number of aliphatic hydroxyl groups excluding tert-OH is 1. The van der Waals surface area contributed by atoms with E-state index in [2.05, 4.69) is 37.6 Å². The Kier molecular flexibility index (Phi) is 17.8. The Morgan fingerprint density at radius 3 is 2.33 bits per heavy atom. The number of phenolic OH excluding ortho intramolecular Hbond substituents is 1. The molecule has 0 radical (unpaired) electrons. The van der Waals surface area contributed by atoms with Crippen molar-refractivity contribution in [2.75, 3.05) is 13.2 Å². The fourth-order valence-electron chi connectivity index (χ4n) is 11.2. The first-order chi connectivity index (χ1) is 30.6. The van der Waals surface area contributed by atoms with E-state index < -0.39 is 90.1 Å². The van der Waals surface area contributed by atoms with E-state index in [0.717, 1.165) is 30.4 Å². The fraction of sp³-hybridized carbons (Fsp3) is 0.714. The molecule has 0 aromatic heterocycles. The lowest BCUT2D eigenvalue weighted by molar-refractivity contribution is -0.436. The number of carboxylic acid groups (broad SMARTS) is 1. The van der Waals surface area contributed by atoms with E-state index in [0.29, 0.717) is 25.7 Å². The zero-order valence-electron chi connectivity index (χ0n) is 35.9. The molecular weight excluding hydrogens is 887 g/mol. The minimum atomic E-state index is -1.52. The monoisotopic (exact) mass is 945 g/mol. The van der Waals surface area contributed by atoms with E-state index in [9.17, 15) is 34.5 Å². The van der Waals surface area contributed by atoms with Gasteiger partial charge in [-0.25, -0.2) is 10.5 Å². The van der Waals surface area contributed by atoms with Gasteiger partial charge in [0.05, 0.1) is 24.5 Å². The molecule has 5 fully saturated rings. The van der Waals surface area contributed by atoms with Crippen molar-refractivity contribution in [1.29, 1.82) is 0 Å². The van der Waals surface area contributed by atoms with Gasteiger partial charge in [0, 0.05) is 24.8 Å². The van der Waals surface area contributed by atoms with Gasteiger partial charge in [-0.2, -0.15) is 0 Å². The minimum absolute atomic E-state index is 0.0374.